The molecule has 0 saturated heterocycles. The number of rotatable bonds is 5. The predicted octanol–water partition coefficient (Wildman–Crippen LogP) is 0.522. The van der Waals surface area contributed by atoms with Crippen molar-refractivity contribution in [1.29, 1.82) is 0 Å². The number of amides is 1. The zero-order valence-electron chi connectivity index (χ0n) is 16.4. The second-order valence-electron chi connectivity index (χ2n) is 6.33. The van der Waals surface area contributed by atoms with Crippen molar-refractivity contribution in [2.45, 2.75) is 20.0 Å². The van der Waals surface area contributed by atoms with Crippen LogP contribution in [0.15, 0.2) is 30.5 Å². The fourth-order valence-electron chi connectivity index (χ4n) is 3.40. The summed E-state index contributed by atoms with van der Waals surface area (Å²) in [5.74, 6) is 1.46. The third-order valence-electron chi connectivity index (χ3n) is 4.71. The first-order chi connectivity index (χ1) is 14.4. The van der Waals surface area contributed by atoms with Gasteiger partial charge < -0.3 is 20.6 Å². The molecular formula is C19H20ClN7O3. The Morgan fingerprint density at radius 1 is 1.33 bits per heavy atom. The predicted molar refractivity (Wildman–Crippen MR) is 110 cm³/mol. The van der Waals surface area contributed by atoms with E-state index in [1.165, 1.54) is 4.90 Å². The highest BCUT2D eigenvalue weighted by Crippen LogP contribution is 2.24. The van der Waals surface area contributed by atoms with Gasteiger partial charge in [0.05, 0.1) is 13.6 Å². The number of hydrogen-bond donors (Lipinski definition) is 2. The Morgan fingerprint density at radius 3 is 2.73 bits per heavy atom. The monoisotopic (exact) mass is 429 g/mol. The molecule has 0 aliphatic carbocycles. The lowest BCUT2D eigenvalue weighted by Gasteiger charge is -2.16. The number of nitrogens with zero attached hydrogens (tertiary/aromatic N) is 5. The molecule has 30 heavy (non-hydrogen) atoms. The number of aromatic amines is 1. The van der Waals surface area contributed by atoms with Gasteiger partial charge in [-0.3, -0.25) is 9.69 Å². The maximum Gasteiger partial charge on any atom is 0.277 e. The second kappa shape index (κ2) is 8.78. The quantitative estimate of drug-likeness (QED) is 0.350. The van der Waals surface area contributed by atoms with Gasteiger partial charge in [-0.25, -0.2) is 19.1 Å². The molecule has 0 saturated carbocycles. The van der Waals surface area contributed by atoms with Crippen LogP contribution in [0, 0.1) is 0 Å². The first kappa shape index (κ1) is 21.1. The van der Waals surface area contributed by atoms with Crippen LogP contribution in [0.3, 0.4) is 0 Å². The minimum atomic E-state index is -0.500. The van der Waals surface area contributed by atoms with Crippen LogP contribution in [0.25, 0.3) is 22.2 Å². The van der Waals surface area contributed by atoms with Crippen LogP contribution in [-0.2, 0) is 29.7 Å². The molecule has 0 spiro atoms. The fraction of sp³-hybridized carbons (Fsp3) is 0.211. The largest absolute Gasteiger partial charge is 0.554 e. The lowest BCUT2D eigenvalue weighted by molar-refractivity contribution is -0.653. The minimum absolute atomic E-state index is 0.196. The van der Waals surface area contributed by atoms with Crippen molar-refractivity contribution in [2.24, 2.45) is 7.05 Å². The Balaban J connectivity index is 0.000000806. The van der Waals surface area contributed by atoms with E-state index < -0.39 is 6.47 Å². The van der Waals surface area contributed by atoms with Crippen molar-refractivity contribution in [3.63, 3.8) is 0 Å². The maximum absolute atomic E-state index is 11.9. The average molecular weight is 430 g/mol. The van der Waals surface area contributed by atoms with Crippen LogP contribution in [0.4, 0.5) is 11.6 Å². The Morgan fingerprint density at radius 2 is 2.07 bits per heavy atom. The van der Waals surface area contributed by atoms with Crippen LogP contribution in [-0.4, -0.2) is 32.4 Å². The molecule has 11 heteroatoms. The first-order valence-electron chi connectivity index (χ1n) is 8.99. The molecule has 10 nitrogen and oxygen atoms in total. The molecule has 0 unspecified atom stereocenters. The molecule has 0 atom stereocenters. The van der Waals surface area contributed by atoms with Gasteiger partial charge in [-0.1, -0.05) is 11.6 Å². The van der Waals surface area contributed by atoms with E-state index in [1.54, 1.807) is 12.3 Å². The summed E-state index contributed by atoms with van der Waals surface area (Å²) < 4.78 is 4.17. The summed E-state index contributed by atoms with van der Waals surface area (Å²) in [6, 6.07) is 7.54. The van der Waals surface area contributed by atoms with Gasteiger partial charge in [0.1, 0.15) is 12.1 Å². The molecule has 3 N–H and O–H groups in total. The van der Waals surface area contributed by atoms with Gasteiger partial charge in [0.15, 0.2) is 28.3 Å². The first-order valence-corrected chi connectivity index (χ1v) is 9.37. The number of fused-ring (bicyclic) bond motifs is 2. The molecule has 0 fully saturated rings. The van der Waals surface area contributed by atoms with E-state index in [0.717, 1.165) is 29.8 Å². The van der Waals surface area contributed by atoms with Gasteiger partial charge in [0.2, 0.25) is 6.41 Å². The lowest BCUT2D eigenvalue weighted by atomic mass is 10.3. The van der Waals surface area contributed by atoms with Crippen molar-refractivity contribution in [1.82, 2.24) is 19.5 Å². The number of aryl methyl sites for hydroxylation is 2. The Kier molecular flexibility index (Phi) is 6.17. The van der Waals surface area contributed by atoms with E-state index in [-0.39, 0.29) is 5.82 Å². The van der Waals surface area contributed by atoms with Crippen LogP contribution in [0.2, 0.25) is 5.02 Å². The highest BCUT2D eigenvalue weighted by Gasteiger charge is 2.26. The summed E-state index contributed by atoms with van der Waals surface area (Å²) in [5, 5.41) is 8.92. The molecule has 3 aromatic heterocycles. The number of hydrogen-bond acceptors (Lipinski definition) is 6. The molecule has 0 bridgehead atoms. The van der Waals surface area contributed by atoms with Crippen LogP contribution < -0.4 is 20.3 Å². The number of halogens is 1. The van der Waals surface area contributed by atoms with Crippen molar-refractivity contribution in [2.75, 3.05) is 10.6 Å². The number of carbonyl (C=O) groups excluding carboxylic acids is 2. The highest BCUT2D eigenvalue weighted by atomic mass is 35.5. The average Bonchev–Trinajstić information content (AvgIpc) is 3.27. The molecule has 0 aliphatic rings. The summed E-state index contributed by atoms with van der Waals surface area (Å²) in [6.07, 6.45) is 2.46. The summed E-state index contributed by atoms with van der Waals surface area (Å²) in [7, 11) is 1.96. The number of carbonyl (C=O) groups is 2. The molecule has 1 amide bonds. The van der Waals surface area contributed by atoms with Gasteiger partial charge in [-0.2, -0.15) is 0 Å². The van der Waals surface area contributed by atoms with E-state index in [1.807, 2.05) is 29.8 Å². The summed E-state index contributed by atoms with van der Waals surface area (Å²) in [5.41, 5.74) is 9.33. The zero-order valence-corrected chi connectivity index (χ0v) is 17.1. The van der Waals surface area contributed by atoms with Gasteiger partial charge >= 0.3 is 0 Å². The number of imidazole rings is 1. The van der Waals surface area contributed by atoms with E-state index in [0.29, 0.717) is 28.5 Å². The number of anilines is 2. The molecule has 156 valence electrons. The number of nitrogens with two attached hydrogens (primary N) is 1. The van der Waals surface area contributed by atoms with E-state index in [9.17, 15) is 4.79 Å². The topological polar surface area (TPSA) is 137 Å². The summed E-state index contributed by atoms with van der Waals surface area (Å²) in [6.45, 7) is 2.59. The number of benzene rings is 1. The minimum Gasteiger partial charge on any atom is -0.554 e. The number of H-pyrrole nitrogens is 1. The van der Waals surface area contributed by atoms with Crippen molar-refractivity contribution in [3.8, 4) is 0 Å². The Hall–Kier alpha value is -3.66. The standard InChI is InChI=1S/C18H19ClN7O.CH2O2/c1-3-26-14-8-11(19)4-5-13(14)24(2)15(26)9-25(10-27)18-16(20)23-17-12(22-18)6-7-21-17;2-1-3/h4-8,10H,3,9H2,1-2H3,(H3,20,21,23);1H,(H,2,3)/q+1;/p-1. The fourth-order valence-corrected chi connectivity index (χ4v) is 3.57. The smallest absolute Gasteiger partial charge is 0.277 e. The molecule has 0 aliphatic heterocycles. The van der Waals surface area contributed by atoms with Gasteiger partial charge in [0, 0.05) is 23.8 Å². The molecule has 4 rings (SSSR count). The van der Waals surface area contributed by atoms with Crippen molar-refractivity contribution >= 4 is 58.3 Å². The van der Waals surface area contributed by atoms with Crippen molar-refractivity contribution < 1.29 is 19.3 Å². The second-order valence-corrected chi connectivity index (χ2v) is 6.76. The maximum atomic E-state index is 11.9. The highest BCUT2D eigenvalue weighted by molar-refractivity contribution is 6.31. The third kappa shape index (κ3) is 3.77. The molecular weight excluding hydrogens is 410 g/mol. The number of nitrogen functional groups attached to an aromatic ring is 1. The molecule has 4 aromatic rings. The summed E-state index contributed by atoms with van der Waals surface area (Å²) in [4.78, 5) is 33.3. The Labute approximate surface area is 176 Å². The summed E-state index contributed by atoms with van der Waals surface area (Å²) >= 11 is 6.18. The number of nitrogens with one attached hydrogen (secondary N) is 1. The van der Waals surface area contributed by atoms with Gasteiger partial charge in [0.25, 0.3) is 5.82 Å². The lowest BCUT2D eigenvalue weighted by Crippen LogP contribution is -2.38. The molecule has 0 radical (unpaired) electrons. The Bertz CT molecular complexity index is 1220. The SMILES string of the molecule is CCn1c(CN(C=O)c2nc3cc[nH]c3nc2N)[n+](C)c2ccc(Cl)cc21.O=C[O-]. The van der Waals surface area contributed by atoms with Gasteiger partial charge in [-0.05, 0) is 25.1 Å². The van der Waals surface area contributed by atoms with Crippen LogP contribution >= 0.6 is 11.6 Å². The molecule has 3 heterocycles. The number of aromatic nitrogens is 5. The van der Waals surface area contributed by atoms with Crippen LogP contribution in [0.1, 0.15) is 12.7 Å². The molecule has 1 aromatic carbocycles. The van der Waals surface area contributed by atoms with Crippen molar-refractivity contribution in [3.05, 3.63) is 41.3 Å². The normalized spacial score (nSPS) is 10.6. The van der Waals surface area contributed by atoms with Gasteiger partial charge in [-0.15, -0.1) is 0 Å². The van der Waals surface area contributed by atoms with E-state index in [2.05, 4.69) is 26.4 Å². The van der Waals surface area contributed by atoms with Crippen LogP contribution in [0.5, 0.6) is 0 Å². The van der Waals surface area contributed by atoms with E-state index >= 15 is 0 Å². The van der Waals surface area contributed by atoms with E-state index in [4.69, 9.17) is 27.2 Å². The number of carboxylic acid groups (broad SMARTS) is 1. The zero-order chi connectivity index (χ0) is 21.8. The third-order valence-corrected chi connectivity index (χ3v) is 4.94.